The predicted octanol–water partition coefficient (Wildman–Crippen LogP) is 1.92. The van der Waals surface area contributed by atoms with Crippen LogP contribution in [0.5, 0.6) is 0 Å². The van der Waals surface area contributed by atoms with E-state index in [-0.39, 0.29) is 5.56 Å². The van der Waals surface area contributed by atoms with Crippen molar-refractivity contribution in [2.75, 3.05) is 18.1 Å². The molecule has 0 bridgehead atoms. The first-order valence-corrected chi connectivity index (χ1v) is 6.45. The highest BCUT2D eigenvalue weighted by Crippen LogP contribution is 2.20. The molecule has 88 valence electrons. The molecule has 0 amide bonds. The fourth-order valence-electron chi connectivity index (χ4n) is 1.83. The summed E-state index contributed by atoms with van der Waals surface area (Å²) in [7, 11) is 0. The minimum Gasteiger partial charge on any atom is -0.478 e. The Morgan fingerprint density at radius 3 is 3.25 bits per heavy atom. The first-order chi connectivity index (χ1) is 7.68. The summed E-state index contributed by atoms with van der Waals surface area (Å²) in [5, 5.41) is 8.97. The van der Waals surface area contributed by atoms with Crippen LogP contribution in [0, 0.1) is 0 Å². The van der Waals surface area contributed by atoms with Crippen molar-refractivity contribution in [2.24, 2.45) is 0 Å². The Morgan fingerprint density at radius 2 is 2.56 bits per heavy atom. The maximum Gasteiger partial charge on any atom is 0.339 e. The van der Waals surface area contributed by atoms with Gasteiger partial charge < -0.3 is 9.52 Å². The summed E-state index contributed by atoms with van der Waals surface area (Å²) in [5.74, 6) is 1.85. The molecule has 1 aliphatic heterocycles. The number of carboxylic acids is 1. The third-order valence-corrected chi connectivity index (χ3v) is 4.02. The lowest BCUT2D eigenvalue weighted by molar-refractivity contribution is 0.0691. The minimum atomic E-state index is -0.914. The number of furan rings is 1. The van der Waals surface area contributed by atoms with E-state index in [1.54, 1.807) is 0 Å². The minimum absolute atomic E-state index is 0.283. The molecule has 2 rings (SSSR count). The molecule has 1 atom stereocenters. The van der Waals surface area contributed by atoms with Crippen molar-refractivity contribution in [2.45, 2.75) is 19.5 Å². The van der Waals surface area contributed by atoms with Crippen LogP contribution in [0.4, 0.5) is 0 Å². The van der Waals surface area contributed by atoms with Crippen LogP contribution in [0.1, 0.15) is 23.0 Å². The SMILES string of the molecule is CC1CSCCN1Cc1occc1C(=O)O. The summed E-state index contributed by atoms with van der Waals surface area (Å²) in [6.07, 6.45) is 1.45. The first kappa shape index (κ1) is 11.5. The van der Waals surface area contributed by atoms with Gasteiger partial charge in [-0.2, -0.15) is 11.8 Å². The van der Waals surface area contributed by atoms with Crippen molar-refractivity contribution in [3.8, 4) is 0 Å². The van der Waals surface area contributed by atoms with E-state index in [0.29, 0.717) is 18.3 Å². The van der Waals surface area contributed by atoms with Gasteiger partial charge in [0, 0.05) is 24.1 Å². The molecule has 1 aliphatic rings. The van der Waals surface area contributed by atoms with Crippen LogP contribution in [0.2, 0.25) is 0 Å². The molecule has 16 heavy (non-hydrogen) atoms. The van der Waals surface area contributed by atoms with E-state index in [4.69, 9.17) is 9.52 Å². The summed E-state index contributed by atoms with van der Waals surface area (Å²) in [4.78, 5) is 13.2. The zero-order chi connectivity index (χ0) is 11.5. The van der Waals surface area contributed by atoms with E-state index in [9.17, 15) is 4.79 Å². The molecule has 0 spiro atoms. The van der Waals surface area contributed by atoms with Crippen LogP contribution in [0.25, 0.3) is 0 Å². The lowest BCUT2D eigenvalue weighted by Crippen LogP contribution is -2.39. The molecule has 0 radical (unpaired) electrons. The average Bonchev–Trinajstić information content (AvgIpc) is 2.69. The van der Waals surface area contributed by atoms with Crippen molar-refractivity contribution in [1.29, 1.82) is 0 Å². The third-order valence-electron chi connectivity index (χ3n) is 2.83. The fraction of sp³-hybridized carbons (Fsp3) is 0.545. The van der Waals surface area contributed by atoms with Gasteiger partial charge in [0.25, 0.3) is 0 Å². The van der Waals surface area contributed by atoms with Gasteiger partial charge in [0.2, 0.25) is 0 Å². The Balaban J connectivity index is 2.07. The van der Waals surface area contributed by atoms with Gasteiger partial charge >= 0.3 is 5.97 Å². The van der Waals surface area contributed by atoms with Gasteiger partial charge in [-0.3, -0.25) is 4.90 Å². The molecule has 1 N–H and O–H groups in total. The number of aromatic carboxylic acids is 1. The van der Waals surface area contributed by atoms with Crippen molar-refractivity contribution < 1.29 is 14.3 Å². The number of hydrogen-bond donors (Lipinski definition) is 1. The molecule has 5 heteroatoms. The number of carboxylic acid groups (broad SMARTS) is 1. The van der Waals surface area contributed by atoms with Gasteiger partial charge in [-0.05, 0) is 13.0 Å². The van der Waals surface area contributed by atoms with E-state index >= 15 is 0 Å². The van der Waals surface area contributed by atoms with Gasteiger partial charge in [0.05, 0.1) is 12.8 Å². The Morgan fingerprint density at radius 1 is 1.75 bits per heavy atom. The fourth-order valence-corrected chi connectivity index (χ4v) is 2.92. The number of rotatable bonds is 3. The van der Waals surface area contributed by atoms with Gasteiger partial charge in [-0.15, -0.1) is 0 Å². The average molecular weight is 241 g/mol. The van der Waals surface area contributed by atoms with Crippen molar-refractivity contribution in [3.63, 3.8) is 0 Å². The Hall–Kier alpha value is -0.940. The van der Waals surface area contributed by atoms with Gasteiger partial charge in [0.15, 0.2) is 0 Å². The van der Waals surface area contributed by atoms with Gasteiger partial charge in [-0.1, -0.05) is 0 Å². The maximum absolute atomic E-state index is 10.9. The summed E-state index contributed by atoms with van der Waals surface area (Å²) in [6.45, 7) is 3.75. The van der Waals surface area contributed by atoms with Gasteiger partial charge in [0.1, 0.15) is 11.3 Å². The highest BCUT2D eigenvalue weighted by Gasteiger charge is 2.22. The maximum atomic E-state index is 10.9. The van der Waals surface area contributed by atoms with Gasteiger partial charge in [-0.25, -0.2) is 4.79 Å². The summed E-state index contributed by atoms with van der Waals surface area (Å²) in [6, 6.07) is 1.99. The van der Waals surface area contributed by atoms with Crippen LogP contribution < -0.4 is 0 Å². The number of carbonyl (C=O) groups is 1. The topological polar surface area (TPSA) is 53.7 Å². The summed E-state index contributed by atoms with van der Waals surface area (Å²) >= 11 is 1.94. The molecule has 4 nitrogen and oxygen atoms in total. The molecule has 2 heterocycles. The zero-order valence-electron chi connectivity index (χ0n) is 9.18. The molecule has 0 saturated carbocycles. The van der Waals surface area contributed by atoms with E-state index in [0.717, 1.165) is 18.1 Å². The van der Waals surface area contributed by atoms with E-state index in [1.807, 2.05) is 11.8 Å². The second-order valence-corrected chi connectivity index (χ2v) is 5.11. The highest BCUT2D eigenvalue weighted by atomic mass is 32.2. The molecule has 1 saturated heterocycles. The highest BCUT2D eigenvalue weighted by molar-refractivity contribution is 7.99. The van der Waals surface area contributed by atoms with E-state index in [1.165, 1.54) is 12.3 Å². The van der Waals surface area contributed by atoms with Crippen LogP contribution >= 0.6 is 11.8 Å². The van der Waals surface area contributed by atoms with Crippen molar-refractivity contribution in [3.05, 3.63) is 23.7 Å². The lowest BCUT2D eigenvalue weighted by atomic mass is 10.2. The molecule has 1 aromatic heterocycles. The van der Waals surface area contributed by atoms with E-state index < -0.39 is 5.97 Å². The van der Waals surface area contributed by atoms with Crippen molar-refractivity contribution in [1.82, 2.24) is 4.90 Å². The van der Waals surface area contributed by atoms with Crippen LogP contribution in [0.15, 0.2) is 16.7 Å². The third kappa shape index (κ3) is 2.41. The van der Waals surface area contributed by atoms with Crippen LogP contribution in [-0.4, -0.2) is 40.1 Å². The summed E-state index contributed by atoms with van der Waals surface area (Å²) < 4.78 is 5.25. The number of thioether (sulfide) groups is 1. The monoisotopic (exact) mass is 241 g/mol. The summed E-state index contributed by atoms with van der Waals surface area (Å²) in [5.41, 5.74) is 0.283. The molecular weight excluding hydrogens is 226 g/mol. The predicted molar refractivity (Wildman–Crippen MR) is 62.9 cm³/mol. The number of hydrogen-bond acceptors (Lipinski definition) is 4. The molecule has 1 fully saturated rings. The molecule has 0 aromatic carbocycles. The van der Waals surface area contributed by atoms with Crippen LogP contribution in [-0.2, 0) is 6.54 Å². The smallest absolute Gasteiger partial charge is 0.339 e. The van der Waals surface area contributed by atoms with E-state index in [2.05, 4.69) is 11.8 Å². The lowest BCUT2D eigenvalue weighted by Gasteiger charge is -2.32. The molecular formula is C11H15NO3S. The quantitative estimate of drug-likeness (QED) is 0.876. The normalized spacial score (nSPS) is 22.2. The second-order valence-electron chi connectivity index (χ2n) is 3.96. The number of nitrogens with zero attached hydrogens (tertiary/aromatic N) is 1. The second kappa shape index (κ2) is 4.93. The standard InChI is InChI=1S/C11H15NO3S/c1-8-7-16-5-3-12(8)6-10-9(11(13)14)2-4-15-10/h2,4,8H,3,5-7H2,1H3,(H,13,14). The molecule has 1 aromatic rings. The van der Waals surface area contributed by atoms with Crippen molar-refractivity contribution >= 4 is 17.7 Å². The Bertz CT molecular complexity index is 377. The molecule has 1 unspecified atom stereocenters. The Labute approximate surface area is 98.6 Å². The first-order valence-electron chi connectivity index (χ1n) is 5.30. The Kier molecular flexibility index (Phi) is 3.56. The van der Waals surface area contributed by atoms with Crippen LogP contribution in [0.3, 0.4) is 0 Å². The molecule has 0 aliphatic carbocycles. The zero-order valence-corrected chi connectivity index (χ0v) is 10.00. The largest absolute Gasteiger partial charge is 0.478 e.